The van der Waals surface area contributed by atoms with Crippen LogP contribution in [-0.2, 0) is 4.79 Å². The number of hydrogen-bond acceptors (Lipinski definition) is 3. The summed E-state index contributed by atoms with van der Waals surface area (Å²) >= 11 is 1.62. The van der Waals surface area contributed by atoms with Gasteiger partial charge in [-0.3, -0.25) is 9.59 Å². The molecule has 2 rings (SSSR count). The van der Waals surface area contributed by atoms with Crippen molar-refractivity contribution in [3.63, 3.8) is 0 Å². The number of benzene rings is 1. The predicted molar refractivity (Wildman–Crippen MR) is 86.4 cm³/mol. The third kappa shape index (κ3) is 4.00. The average Bonchev–Trinajstić information content (AvgIpc) is 2.86. The van der Waals surface area contributed by atoms with Crippen LogP contribution in [-0.4, -0.2) is 39.9 Å². The van der Waals surface area contributed by atoms with Gasteiger partial charge in [0.25, 0.3) is 5.91 Å². The highest BCUT2D eigenvalue weighted by Gasteiger charge is 2.36. The van der Waals surface area contributed by atoms with E-state index in [1.165, 1.54) is 0 Å². The molecule has 5 heteroatoms. The first-order valence-electron chi connectivity index (χ1n) is 7.05. The van der Waals surface area contributed by atoms with Gasteiger partial charge in [0.15, 0.2) is 0 Å². The number of thioether (sulfide) groups is 1. The van der Waals surface area contributed by atoms with Crippen molar-refractivity contribution in [1.82, 2.24) is 10.2 Å². The fraction of sp³-hybridized carbons (Fsp3) is 0.500. The van der Waals surface area contributed by atoms with Gasteiger partial charge in [-0.25, -0.2) is 0 Å². The molecule has 2 amide bonds. The normalized spacial score (nSPS) is 18.7. The molecule has 0 aliphatic carbocycles. The zero-order valence-electron chi connectivity index (χ0n) is 13.0. The van der Waals surface area contributed by atoms with Gasteiger partial charge in [0, 0.05) is 16.9 Å². The molecular weight excluding hydrogens is 284 g/mol. The number of rotatable bonds is 2. The highest BCUT2D eigenvalue weighted by Crippen LogP contribution is 2.24. The van der Waals surface area contributed by atoms with E-state index in [0.717, 1.165) is 5.56 Å². The van der Waals surface area contributed by atoms with E-state index in [0.29, 0.717) is 17.2 Å². The first-order chi connectivity index (χ1) is 9.78. The van der Waals surface area contributed by atoms with Crippen molar-refractivity contribution >= 4 is 23.6 Å². The monoisotopic (exact) mass is 306 g/mol. The van der Waals surface area contributed by atoms with Gasteiger partial charge < -0.3 is 10.2 Å². The minimum atomic E-state index is -0.386. The molecule has 1 fully saturated rings. The van der Waals surface area contributed by atoms with Crippen LogP contribution < -0.4 is 5.32 Å². The number of amides is 2. The Morgan fingerprint density at radius 2 is 1.86 bits per heavy atom. The number of hydrogen-bond donors (Lipinski definition) is 1. The molecule has 0 saturated carbocycles. The van der Waals surface area contributed by atoms with Crippen LogP contribution in [0.4, 0.5) is 0 Å². The van der Waals surface area contributed by atoms with Crippen LogP contribution in [0.2, 0.25) is 0 Å². The molecule has 1 aliphatic rings. The molecule has 1 N–H and O–H groups in total. The number of carbonyl (C=O) groups excluding carboxylic acids is 2. The molecule has 4 nitrogen and oxygen atoms in total. The molecule has 1 aliphatic heterocycles. The Morgan fingerprint density at radius 1 is 1.24 bits per heavy atom. The van der Waals surface area contributed by atoms with Gasteiger partial charge in [0.2, 0.25) is 5.91 Å². The van der Waals surface area contributed by atoms with Crippen LogP contribution in [0.1, 0.15) is 36.7 Å². The van der Waals surface area contributed by atoms with E-state index in [-0.39, 0.29) is 23.4 Å². The lowest BCUT2D eigenvalue weighted by Crippen LogP contribution is -2.52. The molecule has 0 radical (unpaired) electrons. The van der Waals surface area contributed by atoms with Crippen LogP contribution in [0.3, 0.4) is 0 Å². The molecule has 0 bridgehead atoms. The Labute approximate surface area is 130 Å². The van der Waals surface area contributed by atoms with Crippen molar-refractivity contribution in [3.05, 3.63) is 35.4 Å². The zero-order valence-corrected chi connectivity index (χ0v) is 13.8. The lowest BCUT2D eigenvalue weighted by atomic mass is 10.1. The number of nitrogens with one attached hydrogen (secondary N) is 1. The van der Waals surface area contributed by atoms with Crippen LogP contribution in [0, 0.1) is 6.92 Å². The first-order valence-corrected chi connectivity index (χ1v) is 8.21. The maximum absolute atomic E-state index is 12.6. The standard InChI is InChI=1S/C16H22N2O2S/c1-11-5-7-12(8-6-11)15(20)18-10-21-9-13(18)14(19)17-16(2,3)4/h5-8,13H,9-10H2,1-4H3,(H,17,19). The molecule has 0 spiro atoms. The predicted octanol–water partition coefficient (Wildman–Crippen LogP) is 2.42. The lowest BCUT2D eigenvalue weighted by Gasteiger charge is -2.27. The van der Waals surface area contributed by atoms with E-state index in [1.807, 2.05) is 52.0 Å². The molecule has 0 aromatic heterocycles. The van der Waals surface area contributed by atoms with Crippen molar-refractivity contribution in [1.29, 1.82) is 0 Å². The Bertz CT molecular complexity index is 534. The molecule has 21 heavy (non-hydrogen) atoms. The van der Waals surface area contributed by atoms with Crippen molar-refractivity contribution in [2.45, 2.75) is 39.3 Å². The summed E-state index contributed by atoms with van der Waals surface area (Å²) in [6.45, 7) is 7.82. The SMILES string of the molecule is Cc1ccc(C(=O)N2CSCC2C(=O)NC(C)(C)C)cc1. The number of aryl methyl sites for hydroxylation is 1. The van der Waals surface area contributed by atoms with E-state index in [9.17, 15) is 9.59 Å². The van der Waals surface area contributed by atoms with Gasteiger partial charge in [-0.05, 0) is 39.8 Å². The van der Waals surface area contributed by atoms with E-state index in [2.05, 4.69) is 5.32 Å². The Kier molecular flexibility index (Phi) is 4.61. The Hall–Kier alpha value is -1.49. The zero-order chi connectivity index (χ0) is 15.6. The van der Waals surface area contributed by atoms with Gasteiger partial charge >= 0.3 is 0 Å². The van der Waals surface area contributed by atoms with Crippen molar-refractivity contribution in [2.24, 2.45) is 0 Å². The van der Waals surface area contributed by atoms with E-state index >= 15 is 0 Å². The third-order valence-electron chi connectivity index (χ3n) is 3.24. The maximum Gasteiger partial charge on any atom is 0.255 e. The lowest BCUT2D eigenvalue weighted by molar-refractivity contribution is -0.125. The minimum Gasteiger partial charge on any atom is -0.350 e. The second-order valence-electron chi connectivity index (χ2n) is 6.40. The summed E-state index contributed by atoms with van der Waals surface area (Å²) in [6, 6.07) is 7.09. The molecule has 1 atom stereocenters. The smallest absolute Gasteiger partial charge is 0.255 e. The van der Waals surface area contributed by atoms with Gasteiger partial charge in [-0.1, -0.05) is 17.7 Å². The summed E-state index contributed by atoms with van der Waals surface area (Å²) in [6.07, 6.45) is 0. The van der Waals surface area contributed by atoms with Crippen molar-refractivity contribution < 1.29 is 9.59 Å². The van der Waals surface area contributed by atoms with Crippen LogP contribution in [0.5, 0.6) is 0 Å². The molecule has 1 saturated heterocycles. The molecule has 1 heterocycles. The van der Waals surface area contributed by atoms with Crippen molar-refractivity contribution in [3.8, 4) is 0 Å². The molecular formula is C16H22N2O2S. The van der Waals surface area contributed by atoms with Gasteiger partial charge in [0.1, 0.15) is 6.04 Å². The fourth-order valence-electron chi connectivity index (χ4n) is 2.17. The minimum absolute atomic E-state index is 0.0749. The van der Waals surface area contributed by atoms with Crippen molar-refractivity contribution in [2.75, 3.05) is 11.6 Å². The first kappa shape index (κ1) is 15.9. The summed E-state index contributed by atoms with van der Waals surface area (Å²) in [7, 11) is 0. The molecule has 114 valence electrons. The third-order valence-corrected chi connectivity index (χ3v) is 4.25. The maximum atomic E-state index is 12.6. The van der Waals surface area contributed by atoms with E-state index in [4.69, 9.17) is 0 Å². The Balaban J connectivity index is 2.13. The number of carbonyl (C=O) groups is 2. The summed E-state index contributed by atoms with van der Waals surface area (Å²) in [5.74, 6) is 1.07. The van der Waals surface area contributed by atoms with E-state index < -0.39 is 0 Å². The summed E-state index contributed by atoms with van der Waals surface area (Å²) < 4.78 is 0. The van der Waals surface area contributed by atoms with Gasteiger partial charge in [-0.15, -0.1) is 11.8 Å². The second kappa shape index (κ2) is 6.10. The highest BCUT2D eigenvalue weighted by molar-refractivity contribution is 7.99. The van der Waals surface area contributed by atoms with Gasteiger partial charge in [0.05, 0.1) is 5.88 Å². The largest absolute Gasteiger partial charge is 0.350 e. The highest BCUT2D eigenvalue weighted by atomic mass is 32.2. The molecule has 1 aromatic carbocycles. The summed E-state index contributed by atoms with van der Waals surface area (Å²) in [4.78, 5) is 26.6. The topological polar surface area (TPSA) is 49.4 Å². The quantitative estimate of drug-likeness (QED) is 0.913. The fourth-order valence-corrected chi connectivity index (χ4v) is 3.33. The van der Waals surface area contributed by atoms with Crippen LogP contribution >= 0.6 is 11.8 Å². The average molecular weight is 306 g/mol. The number of nitrogens with zero attached hydrogens (tertiary/aromatic N) is 1. The molecule has 1 aromatic rings. The van der Waals surface area contributed by atoms with Crippen LogP contribution in [0.15, 0.2) is 24.3 Å². The summed E-state index contributed by atoms with van der Waals surface area (Å²) in [5, 5.41) is 2.96. The van der Waals surface area contributed by atoms with Gasteiger partial charge in [-0.2, -0.15) is 0 Å². The summed E-state index contributed by atoms with van der Waals surface area (Å²) in [5.41, 5.74) is 1.46. The second-order valence-corrected chi connectivity index (χ2v) is 7.40. The Morgan fingerprint density at radius 3 is 2.43 bits per heavy atom. The van der Waals surface area contributed by atoms with Crippen LogP contribution in [0.25, 0.3) is 0 Å². The molecule has 1 unspecified atom stereocenters. The van der Waals surface area contributed by atoms with E-state index in [1.54, 1.807) is 16.7 Å².